The van der Waals surface area contributed by atoms with Crippen molar-refractivity contribution in [2.45, 2.75) is 18.9 Å². The molecule has 1 atom stereocenters. The van der Waals surface area contributed by atoms with Gasteiger partial charge in [0.1, 0.15) is 0 Å². The van der Waals surface area contributed by atoms with Gasteiger partial charge in [0.05, 0.1) is 12.2 Å². The van der Waals surface area contributed by atoms with Gasteiger partial charge in [-0.25, -0.2) is 13.2 Å². The second kappa shape index (κ2) is 6.91. The van der Waals surface area contributed by atoms with E-state index in [1.165, 1.54) is 0 Å². The summed E-state index contributed by atoms with van der Waals surface area (Å²) < 4.78 is 39.3. The van der Waals surface area contributed by atoms with Gasteiger partial charge in [-0.05, 0) is 38.6 Å². The number of halogens is 3. The van der Waals surface area contributed by atoms with Crippen LogP contribution in [0, 0.1) is 17.5 Å². The lowest BCUT2D eigenvalue weighted by molar-refractivity contribution is -0.117. The summed E-state index contributed by atoms with van der Waals surface area (Å²) in [5.41, 5.74) is -0.355. The maximum atomic E-state index is 13.4. The van der Waals surface area contributed by atoms with E-state index in [-0.39, 0.29) is 12.2 Å². The molecule has 116 valence electrons. The fraction of sp³-hybridized carbons (Fsp3) is 0.500. The predicted molar refractivity (Wildman–Crippen MR) is 73.5 cm³/mol. The first-order valence-corrected chi connectivity index (χ1v) is 6.82. The molecule has 1 aromatic rings. The van der Waals surface area contributed by atoms with E-state index in [1.807, 2.05) is 0 Å². The summed E-state index contributed by atoms with van der Waals surface area (Å²) in [4.78, 5) is 13.6. The molecule has 0 aliphatic carbocycles. The fourth-order valence-corrected chi connectivity index (χ4v) is 2.41. The van der Waals surface area contributed by atoms with Crippen molar-refractivity contribution in [3.8, 4) is 0 Å². The molecule has 4 nitrogen and oxygen atoms in total. The number of nitrogens with one attached hydrogen (secondary N) is 2. The summed E-state index contributed by atoms with van der Waals surface area (Å²) >= 11 is 0. The highest BCUT2D eigenvalue weighted by Crippen LogP contribution is 2.19. The number of carbonyl (C=O) groups excluding carboxylic acids is 1. The Kier molecular flexibility index (Phi) is 5.19. The van der Waals surface area contributed by atoms with Crippen molar-refractivity contribution < 1.29 is 18.0 Å². The first-order valence-electron chi connectivity index (χ1n) is 6.82. The molecule has 1 aliphatic heterocycles. The summed E-state index contributed by atoms with van der Waals surface area (Å²) in [6.07, 6.45) is 2.18. The normalized spacial score (nSPS) is 18.2. The Morgan fingerprint density at radius 2 is 2.14 bits per heavy atom. The molecule has 1 fully saturated rings. The van der Waals surface area contributed by atoms with Gasteiger partial charge in [0.15, 0.2) is 17.5 Å². The molecular weight excluding hydrogens is 283 g/mol. The van der Waals surface area contributed by atoms with Crippen molar-refractivity contribution in [2.75, 3.05) is 32.0 Å². The third-order valence-corrected chi connectivity index (χ3v) is 3.42. The van der Waals surface area contributed by atoms with Crippen LogP contribution in [0.15, 0.2) is 12.1 Å². The smallest absolute Gasteiger partial charge is 0.238 e. The highest BCUT2D eigenvalue weighted by atomic mass is 19.2. The zero-order valence-electron chi connectivity index (χ0n) is 11.8. The average Bonchev–Trinajstić information content (AvgIpc) is 2.92. The van der Waals surface area contributed by atoms with Crippen LogP contribution in [0.25, 0.3) is 0 Å². The first-order chi connectivity index (χ1) is 9.97. The number of rotatable bonds is 5. The lowest BCUT2D eigenvalue weighted by Crippen LogP contribution is -2.39. The molecule has 2 N–H and O–H groups in total. The molecule has 0 radical (unpaired) electrons. The van der Waals surface area contributed by atoms with E-state index in [9.17, 15) is 18.0 Å². The minimum atomic E-state index is -1.59. The Hall–Kier alpha value is -1.60. The Balaban J connectivity index is 1.88. The maximum Gasteiger partial charge on any atom is 0.238 e. The molecule has 1 aliphatic rings. The van der Waals surface area contributed by atoms with Crippen molar-refractivity contribution in [3.05, 3.63) is 29.6 Å². The molecule has 21 heavy (non-hydrogen) atoms. The Morgan fingerprint density at radius 1 is 1.38 bits per heavy atom. The van der Waals surface area contributed by atoms with Crippen LogP contribution < -0.4 is 10.6 Å². The van der Waals surface area contributed by atoms with Crippen LogP contribution in [0.3, 0.4) is 0 Å². The Morgan fingerprint density at radius 3 is 2.81 bits per heavy atom. The van der Waals surface area contributed by atoms with Crippen LogP contribution >= 0.6 is 0 Å². The van der Waals surface area contributed by atoms with Gasteiger partial charge in [-0.3, -0.25) is 9.69 Å². The number of likely N-dealkylation sites (N-methyl/N-ethyl adjacent to an activating group) is 1. The number of carbonyl (C=O) groups is 1. The SMILES string of the molecule is CN(CC(=O)Nc1ccc(F)c(F)c1F)CC1CCCN1. The fourth-order valence-electron chi connectivity index (χ4n) is 2.41. The first kappa shape index (κ1) is 15.8. The minimum absolute atomic E-state index is 0.0522. The molecule has 1 aromatic carbocycles. The molecule has 1 amide bonds. The van der Waals surface area contributed by atoms with Crippen molar-refractivity contribution in [1.82, 2.24) is 10.2 Å². The summed E-state index contributed by atoms with van der Waals surface area (Å²) in [6.45, 7) is 1.73. The molecule has 1 saturated heterocycles. The second-order valence-electron chi connectivity index (χ2n) is 5.26. The van der Waals surface area contributed by atoms with Crippen molar-refractivity contribution in [2.24, 2.45) is 0 Å². The second-order valence-corrected chi connectivity index (χ2v) is 5.26. The zero-order chi connectivity index (χ0) is 15.4. The molecule has 7 heteroatoms. The van der Waals surface area contributed by atoms with E-state index < -0.39 is 23.4 Å². The third kappa shape index (κ3) is 4.18. The van der Waals surface area contributed by atoms with Crippen LogP contribution in [-0.4, -0.2) is 43.5 Å². The molecule has 1 unspecified atom stereocenters. The molecule has 1 heterocycles. The van der Waals surface area contributed by atoms with Gasteiger partial charge in [-0.2, -0.15) is 0 Å². The van der Waals surface area contributed by atoms with Gasteiger partial charge >= 0.3 is 0 Å². The van der Waals surface area contributed by atoms with Gasteiger partial charge in [0.2, 0.25) is 5.91 Å². The number of hydrogen-bond acceptors (Lipinski definition) is 3. The van der Waals surface area contributed by atoms with Gasteiger partial charge in [-0.1, -0.05) is 0 Å². The minimum Gasteiger partial charge on any atom is -0.322 e. The summed E-state index contributed by atoms with van der Waals surface area (Å²) in [5, 5.41) is 5.56. The van der Waals surface area contributed by atoms with Crippen LogP contribution in [0.4, 0.5) is 18.9 Å². The summed E-state index contributed by atoms with van der Waals surface area (Å²) in [6, 6.07) is 2.13. The van der Waals surface area contributed by atoms with Gasteiger partial charge in [0.25, 0.3) is 0 Å². The topological polar surface area (TPSA) is 44.4 Å². The van der Waals surface area contributed by atoms with E-state index in [1.54, 1.807) is 11.9 Å². The quantitative estimate of drug-likeness (QED) is 0.814. The third-order valence-electron chi connectivity index (χ3n) is 3.42. The number of anilines is 1. The monoisotopic (exact) mass is 301 g/mol. The summed E-state index contributed by atoms with van der Waals surface area (Å²) in [7, 11) is 1.78. The number of nitrogens with zero attached hydrogens (tertiary/aromatic N) is 1. The lowest BCUT2D eigenvalue weighted by atomic mass is 10.2. The van der Waals surface area contributed by atoms with Crippen molar-refractivity contribution in [3.63, 3.8) is 0 Å². The van der Waals surface area contributed by atoms with Gasteiger partial charge < -0.3 is 10.6 Å². The predicted octanol–water partition coefficient (Wildman–Crippen LogP) is 1.73. The van der Waals surface area contributed by atoms with E-state index >= 15 is 0 Å². The average molecular weight is 301 g/mol. The highest BCUT2D eigenvalue weighted by Gasteiger charge is 2.19. The van der Waals surface area contributed by atoms with Crippen molar-refractivity contribution in [1.29, 1.82) is 0 Å². The molecule has 0 spiro atoms. The Bertz CT molecular complexity index is 518. The molecule has 0 aromatic heterocycles. The van der Waals surface area contributed by atoms with E-state index in [2.05, 4.69) is 10.6 Å². The highest BCUT2D eigenvalue weighted by molar-refractivity contribution is 5.92. The number of amides is 1. The van der Waals surface area contributed by atoms with E-state index in [4.69, 9.17) is 0 Å². The van der Waals surface area contributed by atoms with Gasteiger partial charge in [0, 0.05) is 12.6 Å². The van der Waals surface area contributed by atoms with Crippen LogP contribution in [0.5, 0.6) is 0 Å². The maximum absolute atomic E-state index is 13.4. The molecule has 0 bridgehead atoms. The Labute approximate surface area is 121 Å². The van der Waals surface area contributed by atoms with Crippen LogP contribution in [-0.2, 0) is 4.79 Å². The largest absolute Gasteiger partial charge is 0.322 e. The van der Waals surface area contributed by atoms with E-state index in [0.29, 0.717) is 12.6 Å². The van der Waals surface area contributed by atoms with Crippen LogP contribution in [0.1, 0.15) is 12.8 Å². The van der Waals surface area contributed by atoms with Gasteiger partial charge in [-0.15, -0.1) is 0 Å². The summed E-state index contributed by atoms with van der Waals surface area (Å²) in [5.74, 6) is -4.73. The van der Waals surface area contributed by atoms with Crippen LogP contribution in [0.2, 0.25) is 0 Å². The van der Waals surface area contributed by atoms with E-state index in [0.717, 1.165) is 31.5 Å². The number of benzene rings is 1. The standard InChI is InChI=1S/C14H18F3N3O/c1-20(7-9-3-2-6-18-9)8-12(21)19-11-5-4-10(15)13(16)14(11)17/h4-5,9,18H,2-3,6-8H2,1H3,(H,19,21). The molecule has 2 rings (SSSR count). The number of hydrogen-bond donors (Lipinski definition) is 2. The molecular formula is C14H18F3N3O. The zero-order valence-corrected chi connectivity index (χ0v) is 11.8. The molecule has 0 saturated carbocycles. The lowest BCUT2D eigenvalue weighted by Gasteiger charge is -2.20. The van der Waals surface area contributed by atoms with Crippen molar-refractivity contribution >= 4 is 11.6 Å².